The Bertz CT molecular complexity index is 1890. The molecule has 96 heavy (non-hydrogen) atoms. The fraction of sp³-hybridized carbons (Fsp3) is 0.948. The first kappa shape index (κ1) is 94.1. The van der Waals surface area contributed by atoms with Crippen molar-refractivity contribution in [2.45, 2.75) is 408 Å². The van der Waals surface area contributed by atoms with Crippen molar-refractivity contribution >= 4 is 39.5 Å². The van der Waals surface area contributed by atoms with Gasteiger partial charge in [-0.15, -0.1) is 0 Å². The number of rotatable bonds is 74. The van der Waals surface area contributed by atoms with Gasteiger partial charge in [0, 0.05) is 25.7 Å². The second-order valence-corrected chi connectivity index (χ2v) is 32.1. The Hall–Kier alpha value is -1.94. The molecule has 0 aromatic heterocycles. The number of carbonyl (C=O) groups is 4. The molecule has 0 aliphatic rings. The molecule has 0 fully saturated rings. The quantitative estimate of drug-likeness (QED) is 0.0222. The van der Waals surface area contributed by atoms with Crippen LogP contribution in [0, 0.1) is 23.7 Å². The van der Waals surface area contributed by atoms with Crippen molar-refractivity contribution in [2.75, 3.05) is 39.6 Å². The Morgan fingerprint density at radius 1 is 0.292 bits per heavy atom. The van der Waals surface area contributed by atoms with Crippen molar-refractivity contribution < 1.29 is 80.2 Å². The minimum Gasteiger partial charge on any atom is -0.462 e. The number of phosphoric ester groups is 2. The topological polar surface area (TPSA) is 237 Å². The van der Waals surface area contributed by atoms with Crippen molar-refractivity contribution in [2.24, 2.45) is 23.7 Å². The number of aliphatic hydroxyl groups is 1. The summed E-state index contributed by atoms with van der Waals surface area (Å²) in [6.07, 6.45) is 51.3. The Labute approximate surface area is 588 Å². The lowest BCUT2D eigenvalue weighted by molar-refractivity contribution is -0.161. The van der Waals surface area contributed by atoms with E-state index in [-0.39, 0.29) is 25.7 Å². The summed E-state index contributed by atoms with van der Waals surface area (Å²) in [6.45, 7) is 14.2. The van der Waals surface area contributed by atoms with Crippen LogP contribution in [-0.2, 0) is 65.4 Å². The maximum absolute atomic E-state index is 13.1. The summed E-state index contributed by atoms with van der Waals surface area (Å²) >= 11 is 0. The van der Waals surface area contributed by atoms with E-state index < -0.39 is 97.5 Å². The monoisotopic (exact) mass is 1410 g/mol. The molecule has 0 rings (SSSR count). The number of hydrogen-bond acceptors (Lipinski definition) is 15. The van der Waals surface area contributed by atoms with Gasteiger partial charge in [0.2, 0.25) is 0 Å². The third kappa shape index (κ3) is 67.9. The lowest BCUT2D eigenvalue weighted by atomic mass is 9.99. The number of esters is 4. The average Bonchev–Trinajstić information content (AvgIpc) is 2.27. The number of hydrogen-bond donors (Lipinski definition) is 3. The first-order valence-corrected chi connectivity index (χ1v) is 42.8. The van der Waals surface area contributed by atoms with Crippen LogP contribution in [0.1, 0.15) is 389 Å². The summed E-state index contributed by atoms with van der Waals surface area (Å²) in [5, 5.41) is 10.6. The molecule has 0 saturated heterocycles. The Morgan fingerprint density at radius 3 is 0.740 bits per heavy atom. The van der Waals surface area contributed by atoms with Gasteiger partial charge in [-0.1, -0.05) is 338 Å². The smallest absolute Gasteiger partial charge is 0.462 e. The molecule has 5 unspecified atom stereocenters. The van der Waals surface area contributed by atoms with Gasteiger partial charge in [-0.3, -0.25) is 37.3 Å². The van der Waals surface area contributed by atoms with Gasteiger partial charge in [0.1, 0.15) is 19.3 Å². The van der Waals surface area contributed by atoms with Crippen molar-refractivity contribution in [1.82, 2.24) is 0 Å². The van der Waals surface area contributed by atoms with E-state index >= 15 is 0 Å². The van der Waals surface area contributed by atoms with Crippen molar-refractivity contribution in [3.05, 3.63) is 0 Å². The maximum Gasteiger partial charge on any atom is 0.472 e. The molecule has 7 atom stereocenters. The molecular formula is C77H150O17P2. The molecule has 17 nitrogen and oxygen atoms in total. The first-order chi connectivity index (χ1) is 46.2. The van der Waals surface area contributed by atoms with Crippen LogP contribution in [0.15, 0.2) is 0 Å². The van der Waals surface area contributed by atoms with Crippen LogP contribution >= 0.6 is 15.6 Å². The van der Waals surface area contributed by atoms with Gasteiger partial charge in [-0.25, -0.2) is 9.13 Å². The van der Waals surface area contributed by atoms with Gasteiger partial charge in [0.25, 0.3) is 0 Å². The summed E-state index contributed by atoms with van der Waals surface area (Å²) in [5.74, 6) is 0.990. The SMILES string of the molecule is CCC(C)CCCCCCCCCCCCCCCCC(=O)OC[C@H](COP(=O)(O)OCC(O)COP(=O)(O)OC[C@@H](COC(=O)CCCCCCCCCC(C)C)OC(=O)CCCCCCCCCCCCCCCC(C)C)OC(=O)CCCCCCCCCCC(C)CC. The molecule has 0 aromatic carbocycles. The predicted octanol–water partition coefficient (Wildman–Crippen LogP) is 22.4. The van der Waals surface area contributed by atoms with E-state index in [1.54, 1.807) is 0 Å². The lowest BCUT2D eigenvalue weighted by Crippen LogP contribution is -2.30. The van der Waals surface area contributed by atoms with E-state index in [9.17, 15) is 43.2 Å². The molecule has 570 valence electrons. The van der Waals surface area contributed by atoms with Crippen LogP contribution in [0.3, 0.4) is 0 Å². The third-order valence-electron chi connectivity index (χ3n) is 18.5. The first-order valence-electron chi connectivity index (χ1n) is 39.8. The Morgan fingerprint density at radius 2 is 0.500 bits per heavy atom. The third-order valence-corrected chi connectivity index (χ3v) is 20.4. The zero-order chi connectivity index (χ0) is 71.0. The van der Waals surface area contributed by atoms with E-state index in [1.807, 2.05) is 0 Å². The van der Waals surface area contributed by atoms with E-state index in [4.69, 9.17) is 37.0 Å². The van der Waals surface area contributed by atoms with E-state index in [0.29, 0.717) is 31.6 Å². The van der Waals surface area contributed by atoms with E-state index in [2.05, 4.69) is 55.4 Å². The van der Waals surface area contributed by atoms with Crippen molar-refractivity contribution in [3.8, 4) is 0 Å². The molecular weight excluding hydrogens is 1260 g/mol. The zero-order valence-corrected chi connectivity index (χ0v) is 64.8. The largest absolute Gasteiger partial charge is 0.472 e. The van der Waals surface area contributed by atoms with Crippen LogP contribution in [0.2, 0.25) is 0 Å². The van der Waals surface area contributed by atoms with E-state index in [1.165, 1.54) is 186 Å². The van der Waals surface area contributed by atoms with Gasteiger partial charge >= 0.3 is 39.5 Å². The molecule has 0 radical (unpaired) electrons. The molecule has 3 N–H and O–H groups in total. The molecule has 19 heteroatoms. The van der Waals surface area contributed by atoms with Gasteiger partial charge in [-0.2, -0.15) is 0 Å². The number of phosphoric acid groups is 2. The Kier molecular flexibility index (Phi) is 65.0. The highest BCUT2D eigenvalue weighted by Gasteiger charge is 2.30. The number of carbonyl (C=O) groups excluding carboxylic acids is 4. The highest BCUT2D eigenvalue weighted by atomic mass is 31.2. The number of unbranched alkanes of at least 4 members (excludes halogenated alkanes) is 38. The van der Waals surface area contributed by atoms with Gasteiger partial charge in [0.05, 0.1) is 26.4 Å². The number of ether oxygens (including phenoxy) is 4. The standard InChI is InChI=1S/C77H150O17P2/c1-9-69(7)55-47-39-31-23-19-15-11-12-16-20-24-33-41-49-57-74(79)87-63-72(94-77(82)60-52-44-35-27-26-32-40-48-56-70(8)10-2)65-91-95(83,84)89-61-71(78)62-90-96(85,86)92-66-73(64-88-75(80)58-50-42-36-28-30-38-46-54-68(5)6)93-76(81)59-51-43-34-25-21-17-13-14-18-22-29-37-45-53-67(3)4/h67-73,78H,9-66H2,1-8H3,(H,83,84)(H,85,86)/t69?,70?,71?,72-,73-/m1/s1. The second-order valence-electron chi connectivity index (χ2n) is 29.2. The summed E-state index contributed by atoms with van der Waals surface area (Å²) < 4.78 is 68.6. The molecule has 0 saturated carbocycles. The summed E-state index contributed by atoms with van der Waals surface area (Å²) in [7, 11) is -9.91. The highest BCUT2D eigenvalue weighted by Crippen LogP contribution is 2.45. The normalized spacial score (nSPS) is 14.7. The van der Waals surface area contributed by atoms with Crippen molar-refractivity contribution in [3.63, 3.8) is 0 Å². The second kappa shape index (κ2) is 66.3. The van der Waals surface area contributed by atoms with Crippen LogP contribution in [0.25, 0.3) is 0 Å². The molecule has 0 heterocycles. The zero-order valence-electron chi connectivity index (χ0n) is 63.0. The lowest BCUT2D eigenvalue weighted by Gasteiger charge is -2.21. The molecule has 0 aliphatic heterocycles. The summed E-state index contributed by atoms with van der Waals surface area (Å²) in [6, 6.07) is 0. The minimum atomic E-state index is -4.96. The van der Waals surface area contributed by atoms with E-state index in [0.717, 1.165) is 114 Å². The molecule has 0 aromatic rings. The minimum absolute atomic E-state index is 0.105. The van der Waals surface area contributed by atoms with Crippen LogP contribution in [-0.4, -0.2) is 96.7 Å². The highest BCUT2D eigenvalue weighted by molar-refractivity contribution is 7.47. The fourth-order valence-corrected chi connectivity index (χ4v) is 13.2. The van der Waals surface area contributed by atoms with Gasteiger partial charge in [0.15, 0.2) is 12.2 Å². The average molecular weight is 1410 g/mol. The van der Waals surface area contributed by atoms with Crippen LogP contribution < -0.4 is 0 Å². The molecule has 0 bridgehead atoms. The Balaban J connectivity index is 5.23. The van der Waals surface area contributed by atoms with Crippen LogP contribution in [0.4, 0.5) is 0 Å². The van der Waals surface area contributed by atoms with Gasteiger partial charge in [-0.05, 0) is 49.4 Å². The fourth-order valence-electron chi connectivity index (χ4n) is 11.7. The molecule has 0 aliphatic carbocycles. The molecule has 0 amide bonds. The van der Waals surface area contributed by atoms with Crippen LogP contribution in [0.5, 0.6) is 0 Å². The summed E-state index contributed by atoms with van der Waals surface area (Å²) in [4.78, 5) is 72.8. The van der Waals surface area contributed by atoms with Gasteiger partial charge < -0.3 is 33.8 Å². The van der Waals surface area contributed by atoms with Crippen molar-refractivity contribution in [1.29, 1.82) is 0 Å². The maximum atomic E-state index is 13.1. The predicted molar refractivity (Wildman–Crippen MR) is 391 cm³/mol. The summed E-state index contributed by atoms with van der Waals surface area (Å²) in [5.41, 5.74) is 0. The number of aliphatic hydroxyl groups excluding tert-OH is 1. The molecule has 0 spiro atoms.